The molecule has 0 unspecified atom stereocenters. The summed E-state index contributed by atoms with van der Waals surface area (Å²) in [4.78, 5) is 26.1. The van der Waals surface area contributed by atoms with Crippen LogP contribution in [0.25, 0.3) is 6.08 Å². The van der Waals surface area contributed by atoms with Crippen molar-refractivity contribution in [2.45, 2.75) is 6.92 Å². The van der Waals surface area contributed by atoms with E-state index in [1.807, 2.05) is 13.0 Å². The molecule has 0 aliphatic heterocycles. The van der Waals surface area contributed by atoms with Crippen LogP contribution in [-0.4, -0.2) is 15.7 Å². The summed E-state index contributed by atoms with van der Waals surface area (Å²) < 4.78 is 0. The molecule has 0 N–H and O–H groups in total. The minimum Gasteiger partial charge on any atom is -0.288 e. The number of nitro benzene ring substituents is 1. The third kappa shape index (κ3) is 3.14. The fourth-order valence-corrected chi connectivity index (χ4v) is 1.70. The van der Waals surface area contributed by atoms with Crippen molar-refractivity contribution in [1.82, 2.24) is 4.98 Å². The van der Waals surface area contributed by atoms with Gasteiger partial charge in [-0.1, -0.05) is 12.1 Å². The Balaban J connectivity index is 2.15. The summed E-state index contributed by atoms with van der Waals surface area (Å²) in [7, 11) is 0. The highest BCUT2D eigenvalue weighted by atomic mass is 16.6. The van der Waals surface area contributed by atoms with Crippen molar-refractivity contribution in [2.24, 2.45) is 0 Å². The number of pyridine rings is 1. The average molecular weight is 268 g/mol. The van der Waals surface area contributed by atoms with Crippen molar-refractivity contribution >= 4 is 17.5 Å². The van der Waals surface area contributed by atoms with Crippen molar-refractivity contribution in [2.75, 3.05) is 0 Å². The number of nitrogens with zero attached hydrogens (tertiary/aromatic N) is 2. The van der Waals surface area contributed by atoms with Gasteiger partial charge in [0.05, 0.1) is 4.92 Å². The number of nitro groups is 1. The smallest absolute Gasteiger partial charge is 0.269 e. The SMILES string of the molecule is Cc1cccnc1C(=O)/C=C/c1ccc([N+](=O)[O-])cc1. The molecule has 100 valence electrons. The molecule has 2 rings (SSSR count). The first-order valence-electron chi connectivity index (χ1n) is 5.96. The topological polar surface area (TPSA) is 73.1 Å². The van der Waals surface area contributed by atoms with Crippen molar-refractivity contribution in [1.29, 1.82) is 0 Å². The van der Waals surface area contributed by atoms with Gasteiger partial charge in [-0.2, -0.15) is 0 Å². The highest BCUT2D eigenvalue weighted by Crippen LogP contribution is 2.13. The molecule has 0 saturated heterocycles. The van der Waals surface area contributed by atoms with E-state index >= 15 is 0 Å². The maximum atomic E-state index is 12.0. The molecule has 0 bridgehead atoms. The number of non-ortho nitro benzene ring substituents is 1. The minimum absolute atomic E-state index is 0.0223. The lowest BCUT2D eigenvalue weighted by atomic mass is 10.1. The zero-order chi connectivity index (χ0) is 14.5. The molecule has 2 aromatic rings. The Bertz CT molecular complexity index is 676. The monoisotopic (exact) mass is 268 g/mol. The number of ketones is 1. The number of hydrogen-bond donors (Lipinski definition) is 0. The molecule has 0 fully saturated rings. The number of carbonyl (C=O) groups excluding carboxylic acids is 1. The van der Waals surface area contributed by atoms with E-state index in [2.05, 4.69) is 4.98 Å². The normalized spacial score (nSPS) is 10.7. The van der Waals surface area contributed by atoms with Crippen molar-refractivity contribution < 1.29 is 9.72 Å². The van der Waals surface area contributed by atoms with E-state index in [1.54, 1.807) is 30.5 Å². The van der Waals surface area contributed by atoms with Crippen LogP contribution >= 0.6 is 0 Å². The lowest BCUT2D eigenvalue weighted by molar-refractivity contribution is -0.384. The Morgan fingerprint density at radius 1 is 1.25 bits per heavy atom. The second-order valence-corrected chi connectivity index (χ2v) is 4.22. The maximum absolute atomic E-state index is 12.0. The summed E-state index contributed by atoms with van der Waals surface area (Å²) >= 11 is 0. The van der Waals surface area contributed by atoms with Gasteiger partial charge in [-0.25, -0.2) is 0 Å². The van der Waals surface area contributed by atoms with E-state index in [4.69, 9.17) is 0 Å². The van der Waals surface area contributed by atoms with Crippen LogP contribution in [0.1, 0.15) is 21.6 Å². The first-order chi connectivity index (χ1) is 9.58. The van der Waals surface area contributed by atoms with Crippen molar-refractivity contribution in [3.05, 3.63) is 75.6 Å². The Kier molecular flexibility index (Phi) is 4.00. The fraction of sp³-hybridized carbons (Fsp3) is 0.0667. The van der Waals surface area contributed by atoms with Gasteiger partial charge in [0, 0.05) is 18.3 Å². The molecule has 0 aliphatic rings. The number of aryl methyl sites for hydroxylation is 1. The van der Waals surface area contributed by atoms with Gasteiger partial charge in [0.2, 0.25) is 5.78 Å². The Morgan fingerprint density at radius 3 is 2.55 bits per heavy atom. The molecular weight excluding hydrogens is 256 g/mol. The van der Waals surface area contributed by atoms with Crippen LogP contribution in [0.15, 0.2) is 48.7 Å². The molecule has 5 nitrogen and oxygen atoms in total. The van der Waals surface area contributed by atoms with Gasteiger partial charge in [0.1, 0.15) is 5.69 Å². The number of aromatic nitrogens is 1. The molecule has 20 heavy (non-hydrogen) atoms. The number of hydrogen-bond acceptors (Lipinski definition) is 4. The van der Waals surface area contributed by atoms with Crippen LogP contribution in [0.3, 0.4) is 0 Å². The van der Waals surface area contributed by atoms with Crippen LogP contribution < -0.4 is 0 Å². The summed E-state index contributed by atoms with van der Waals surface area (Å²) in [6.07, 6.45) is 4.59. The van der Waals surface area contributed by atoms with Crippen molar-refractivity contribution in [3.63, 3.8) is 0 Å². The highest BCUT2D eigenvalue weighted by molar-refractivity contribution is 6.06. The molecule has 1 aromatic carbocycles. The maximum Gasteiger partial charge on any atom is 0.269 e. The quantitative estimate of drug-likeness (QED) is 0.369. The summed E-state index contributed by atoms with van der Waals surface area (Å²) in [6, 6.07) is 9.57. The second kappa shape index (κ2) is 5.88. The molecule has 0 radical (unpaired) electrons. The first kappa shape index (κ1) is 13.6. The van der Waals surface area contributed by atoms with Gasteiger partial charge in [-0.05, 0) is 42.3 Å². The van der Waals surface area contributed by atoms with Crippen LogP contribution in [0.5, 0.6) is 0 Å². The number of benzene rings is 1. The van der Waals surface area contributed by atoms with Crippen LogP contribution in [0, 0.1) is 17.0 Å². The van der Waals surface area contributed by atoms with E-state index in [1.165, 1.54) is 18.2 Å². The average Bonchev–Trinajstić information content (AvgIpc) is 2.45. The summed E-state index contributed by atoms with van der Waals surface area (Å²) in [5.41, 5.74) is 1.96. The van der Waals surface area contributed by atoms with Crippen LogP contribution in [-0.2, 0) is 0 Å². The predicted molar refractivity (Wildman–Crippen MR) is 75.4 cm³/mol. The Labute approximate surface area is 115 Å². The minimum atomic E-state index is -0.462. The Hall–Kier alpha value is -2.82. The van der Waals surface area contributed by atoms with E-state index in [9.17, 15) is 14.9 Å². The number of carbonyl (C=O) groups is 1. The molecule has 0 spiro atoms. The lowest BCUT2D eigenvalue weighted by Gasteiger charge is -1.99. The fourth-order valence-electron chi connectivity index (χ4n) is 1.70. The Morgan fingerprint density at radius 2 is 1.95 bits per heavy atom. The van der Waals surface area contributed by atoms with Gasteiger partial charge < -0.3 is 0 Å². The van der Waals surface area contributed by atoms with Crippen LogP contribution in [0.4, 0.5) is 5.69 Å². The zero-order valence-corrected chi connectivity index (χ0v) is 10.8. The number of rotatable bonds is 4. The molecule has 1 heterocycles. The molecule has 5 heteroatoms. The van der Waals surface area contributed by atoms with E-state index in [-0.39, 0.29) is 11.5 Å². The third-order valence-corrected chi connectivity index (χ3v) is 2.77. The summed E-state index contributed by atoms with van der Waals surface area (Å²) in [6.45, 7) is 1.82. The molecular formula is C15H12N2O3. The van der Waals surface area contributed by atoms with Gasteiger partial charge in [0.15, 0.2) is 0 Å². The summed E-state index contributed by atoms with van der Waals surface area (Å²) in [5.74, 6) is -0.193. The van der Waals surface area contributed by atoms with Crippen molar-refractivity contribution in [3.8, 4) is 0 Å². The van der Waals surface area contributed by atoms with Gasteiger partial charge in [-0.3, -0.25) is 19.9 Å². The molecule has 0 saturated carbocycles. The molecule has 1 aromatic heterocycles. The van der Waals surface area contributed by atoms with Gasteiger partial charge >= 0.3 is 0 Å². The highest BCUT2D eigenvalue weighted by Gasteiger charge is 2.06. The predicted octanol–water partition coefficient (Wildman–Crippen LogP) is 3.19. The van der Waals surface area contributed by atoms with Crippen LogP contribution in [0.2, 0.25) is 0 Å². The standard InChI is InChI=1S/C15H12N2O3/c1-11-3-2-10-16-15(11)14(18)9-6-12-4-7-13(8-5-12)17(19)20/h2-10H,1H3/b9-6+. The number of allylic oxidation sites excluding steroid dienone is 1. The third-order valence-electron chi connectivity index (χ3n) is 2.77. The molecule has 0 aliphatic carbocycles. The lowest BCUT2D eigenvalue weighted by Crippen LogP contribution is -2.00. The molecule has 0 atom stereocenters. The summed E-state index contributed by atoms with van der Waals surface area (Å²) in [5, 5.41) is 10.5. The molecule has 0 amide bonds. The van der Waals surface area contributed by atoms with Gasteiger partial charge in [-0.15, -0.1) is 0 Å². The van der Waals surface area contributed by atoms with Gasteiger partial charge in [0.25, 0.3) is 5.69 Å². The van der Waals surface area contributed by atoms with E-state index < -0.39 is 4.92 Å². The van der Waals surface area contributed by atoms with E-state index in [0.717, 1.165) is 11.1 Å². The largest absolute Gasteiger partial charge is 0.288 e. The zero-order valence-electron chi connectivity index (χ0n) is 10.8. The van der Waals surface area contributed by atoms with E-state index in [0.29, 0.717) is 5.69 Å². The first-order valence-corrected chi connectivity index (χ1v) is 5.96. The second-order valence-electron chi connectivity index (χ2n) is 4.22.